The lowest BCUT2D eigenvalue weighted by Gasteiger charge is -2.20. The van der Waals surface area contributed by atoms with Gasteiger partial charge in [0.1, 0.15) is 29.1 Å². The quantitative estimate of drug-likeness (QED) is 0.202. The number of sulfonamides is 1. The average Bonchev–Trinajstić information content (AvgIpc) is 3.28. The van der Waals surface area contributed by atoms with Crippen LogP contribution in [0.3, 0.4) is 0 Å². The largest absolute Gasteiger partial charge is 0.484 e. The molecule has 0 bridgehead atoms. The van der Waals surface area contributed by atoms with Crippen molar-refractivity contribution < 1.29 is 35.5 Å². The summed E-state index contributed by atoms with van der Waals surface area (Å²) in [6.45, 7) is 1.57. The molecular weight excluding hydrogens is 558 g/mol. The third-order valence-electron chi connectivity index (χ3n) is 5.35. The topological polar surface area (TPSA) is 165 Å². The van der Waals surface area contributed by atoms with Crippen molar-refractivity contribution in [2.45, 2.75) is 19.2 Å². The predicted octanol–water partition coefficient (Wildman–Crippen LogP) is 4.29. The summed E-state index contributed by atoms with van der Waals surface area (Å²) >= 11 is 0. The third kappa shape index (κ3) is 7.02. The highest BCUT2D eigenvalue weighted by Gasteiger charge is 2.35. The average molecular weight is 580 g/mol. The standard InChI is InChI=1S/C24H21F4N7O4S/c1-13(14-2-5-16(25)6-3-14)39-18-10-15(4-7-17(18)35-40(37,38)12-24(26,27)28)21-20(22(29)36)23(34-33-21)32-19-11-30-8-9-31-19/h2-11,13,35H,12H2,1H3,(H2,29,36)(H2,31,32,33,34)/t13-/m0/s1. The minimum absolute atomic E-state index is 0.0140. The normalized spacial score (nSPS) is 12.5. The molecule has 0 saturated heterocycles. The molecule has 11 nitrogen and oxygen atoms in total. The van der Waals surface area contributed by atoms with E-state index in [9.17, 15) is 30.8 Å². The van der Waals surface area contributed by atoms with Crippen molar-refractivity contribution in [2.24, 2.45) is 5.73 Å². The van der Waals surface area contributed by atoms with Crippen molar-refractivity contribution in [2.75, 3.05) is 15.8 Å². The van der Waals surface area contributed by atoms with E-state index in [4.69, 9.17) is 10.5 Å². The number of carbonyl (C=O) groups is 1. The molecule has 0 saturated carbocycles. The van der Waals surface area contributed by atoms with E-state index >= 15 is 0 Å². The number of nitrogens with zero attached hydrogens (tertiary/aromatic N) is 3. The van der Waals surface area contributed by atoms with E-state index in [-0.39, 0.29) is 39.9 Å². The molecule has 0 aliphatic heterocycles. The summed E-state index contributed by atoms with van der Waals surface area (Å²) in [6.07, 6.45) is -1.57. The van der Waals surface area contributed by atoms with Gasteiger partial charge in [0.2, 0.25) is 10.0 Å². The van der Waals surface area contributed by atoms with E-state index in [0.29, 0.717) is 5.56 Å². The number of primary amides is 1. The van der Waals surface area contributed by atoms with Crippen LogP contribution in [0.5, 0.6) is 5.75 Å². The second-order valence-electron chi connectivity index (χ2n) is 8.40. The monoisotopic (exact) mass is 579 g/mol. The fourth-order valence-corrected chi connectivity index (χ4v) is 4.64. The number of nitrogens with two attached hydrogens (primary N) is 1. The number of carbonyl (C=O) groups excluding carboxylic acids is 1. The lowest BCUT2D eigenvalue weighted by Crippen LogP contribution is -2.28. The lowest BCUT2D eigenvalue weighted by atomic mass is 10.1. The van der Waals surface area contributed by atoms with E-state index in [1.165, 1.54) is 55.0 Å². The molecule has 5 N–H and O–H groups in total. The Hall–Kier alpha value is -4.73. The van der Waals surface area contributed by atoms with Crippen molar-refractivity contribution in [1.82, 2.24) is 20.2 Å². The summed E-state index contributed by atoms with van der Waals surface area (Å²) in [4.78, 5) is 20.3. The van der Waals surface area contributed by atoms with Gasteiger partial charge >= 0.3 is 6.18 Å². The zero-order chi connectivity index (χ0) is 29.1. The number of rotatable bonds is 10. The molecule has 16 heteroatoms. The number of halogens is 4. The Morgan fingerprint density at radius 2 is 1.88 bits per heavy atom. The van der Waals surface area contributed by atoms with Crippen LogP contribution in [0.1, 0.15) is 28.9 Å². The van der Waals surface area contributed by atoms with Crippen LogP contribution in [0.4, 0.5) is 34.9 Å². The second-order valence-corrected chi connectivity index (χ2v) is 10.1. The highest BCUT2D eigenvalue weighted by atomic mass is 32.2. The van der Waals surface area contributed by atoms with Gasteiger partial charge in [-0.2, -0.15) is 18.3 Å². The number of ether oxygens (including phenoxy) is 1. The Labute approximate surface area is 224 Å². The molecule has 0 radical (unpaired) electrons. The number of H-pyrrole nitrogens is 1. The Bertz CT molecular complexity index is 1610. The number of amides is 1. The molecule has 4 aromatic rings. The van der Waals surface area contributed by atoms with Crippen molar-refractivity contribution in [3.63, 3.8) is 0 Å². The summed E-state index contributed by atoms with van der Waals surface area (Å²) in [5.41, 5.74) is 6.02. The van der Waals surface area contributed by atoms with E-state index in [2.05, 4.69) is 25.5 Å². The van der Waals surface area contributed by atoms with Gasteiger partial charge in [-0.15, -0.1) is 0 Å². The zero-order valence-electron chi connectivity index (χ0n) is 20.5. The third-order valence-corrected chi connectivity index (χ3v) is 6.59. The number of hydrogen-bond acceptors (Lipinski definition) is 8. The summed E-state index contributed by atoms with van der Waals surface area (Å²) in [5, 5.41) is 9.53. The van der Waals surface area contributed by atoms with Gasteiger partial charge in [-0.05, 0) is 36.8 Å². The number of alkyl halides is 3. The summed E-state index contributed by atoms with van der Waals surface area (Å²) in [5.74, 6) is -3.42. The van der Waals surface area contributed by atoms with Crippen LogP contribution in [0.15, 0.2) is 61.1 Å². The minimum atomic E-state index is -4.99. The maximum absolute atomic E-state index is 13.4. The second kappa shape index (κ2) is 11.2. The molecule has 40 heavy (non-hydrogen) atoms. The smallest absolute Gasteiger partial charge is 0.404 e. The van der Waals surface area contributed by atoms with Crippen LogP contribution in [-0.4, -0.2) is 46.4 Å². The number of hydrogen-bond donors (Lipinski definition) is 4. The summed E-state index contributed by atoms with van der Waals surface area (Å²) in [7, 11) is -4.87. The Morgan fingerprint density at radius 1 is 1.15 bits per heavy atom. The van der Waals surface area contributed by atoms with Crippen molar-refractivity contribution >= 4 is 33.3 Å². The SMILES string of the molecule is C[C@H](Oc1cc(-c2[nH]nc(Nc3cnccn3)c2C(N)=O)ccc1NS(=O)(=O)CC(F)(F)F)c1ccc(F)cc1. The summed E-state index contributed by atoms with van der Waals surface area (Å²) < 4.78 is 84.1. The van der Waals surface area contributed by atoms with Crippen molar-refractivity contribution in [3.8, 4) is 17.0 Å². The maximum Gasteiger partial charge on any atom is 0.404 e. The molecule has 2 aromatic carbocycles. The molecule has 0 aliphatic rings. The first kappa shape index (κ1) is 28.3. The molecule has 0 aliphatic carbocycles. The number of nitrogens with one attached hydrogen (secondary N) is 3. The first-order chi connectivity index (χ1) is 18.8. The van der Waals surface area contributed by atoms with Gasteiger partial charge in [0.15, 0.2) is 11.6 Å². The Balaban J connectivity index is 1.75. The minimum Gasteiger partial charge on any atom is -0.484 e. The van der Waals surface area contributed by atoms with Gasteiger partial charge < -0.3 is 15.8 Å². The van der Waals surface area contributed by atoms with Crippen LogP contribution in [0, 0.1) is 5.82 Å². The van der Waals surface area contributed by atoms with Gasteiger partial charge in [0, 0.05) is 18.0 Å². The molecule has 2 heterocycles. The van der Waals surface area contributed by atoms with Crippen LogP contribution in [0.2, 0.25) is 0 Å². The van der Waals surface area contributed by atoms with E-state index < -0.39 is 39.8 Å². The van der Waals surface area contributed by atoms with Gasteiger partial charge in [-0.25, -0.2) is 17.8 Å². The number of aromatic amines is 1. The van der Waals surface area contributed by atoms with Crippen molar-refractivity contribution in [3.05, 3.63) is 78.0 Å². The molecule has 210 valence electrons. The fourth-order valence-electron chi connectivity index (χ4n) is 3.64. The predicted molar refractivity (Wildman–Crippen MR) is 137 cm³/mol. The molecule has 1 amide bonds. The Morgan fingerprint density at radius 3 is 2.50 bits per heavy atom. The van der Waals surface area contributed by atoms with Crippen LogP contribution >= 0.6 is 0 Å². The molecule has 0 fully saturated rings. The molecule has 0 spiro atoms. The van der Waals surface area contributed by atoms with Gasteiger partial charge in [0.25, 0.3) is 5.91 Å². The summed E-state index contributed by atoms with van der Waals surface area (Å²) in [6, 6.07) is 9.02. The first-order valence-corrected chi connectivity index (χ1v) is 13.0. The first-order valence-electron chi connectivity index (χ1n) is 11.4. The zero-order valence-corrected chi connectivity index (χ0v) is 21.3. The highest BCUT2D eigenvalue weighted by Crippen LogP contribution is 2.37. The highest BCUT2D eigenvalue weighted by molar-refractivity contribution is 7.92. The fraction of sp³-hybridized carbons (Fsp3) is 0.167. The van der Waals surface area contributed by atoms with E-state index in [1.807, 2.05) is 4.72 Å². The molecule has 2 aromatic heterocycles. The van der Waals surface area contributed by atoms with Gasteiger partial charge in [-0.3, -0.25) is 19.6 Å². The molecule has 1 atom stereocenters. The Kier molecular flexibility index (Phi) is 7.90. The van der Waals surface area contributed by atoms with E-state index in [0.717, 1.165) is 6.07 Å². The van der Waals surface area contributed by atoms with Crippen LogP contribution in [0.25, 0.3) is 11.3 Å². The lowest BCUT2D eigenvalue weighted by molar-refractivity contribution is -0.106. The van der Waals surface area contributed by atoms with Crippen molar-refractivity contribution in [1.29, 1.82) is 0 Å². The maximum atomic E-state index is 13.4. The van der Waals surface area contributed by atoms with Crippen LogP contribution in [-0.2, 0) is 10.0 Å². The molecule has 4 rings (SSSR count). The number of benzene rings is 2. The number of aromatic nitrogens is 4. The number of anilines is 3. The van der Waals surface area contributed by atoms with Crippen LogP contribution < -0.4 is 20.5 Å². The molecular formula is C24H21F4N7O4S. The van der Waals surface area contributed by atoms with Gasteiger partial charge in [0.05, 0.1) is 17.6 Å². The molecule has 0 unspecified atom stereocenters. The van der Waals surface area contributed by atoms with Gasteiger partial charge in [-0.1, -0.05) is 18.2 Å². The van der Waals surface area contributed by atoms with E-state index in [1.54, 1.807) is 6.92 Å².